The fourth-order valence-corrected chi connectivity index (χ4v) is 3.26. The molecule has 0 bridgehead atoms. The largest absolute Gasteiger partial charge is 0.394 e. The van der Waals surface area contributed by atoms with Gasteiger partial charge >= 0.3 is 0 Å². The lowest BCUT2D eigenvalue weighted by molar-refractivity contribution is -0.122. The molecule has 24 heavy (non-hydrogen) atoms. The van der Waals surface area contributed by atoms with Gasteiger partial charge in [0.25, 0.3) is 0 Å². The van der Waals surface area contributed by atoms with Crippen LogP contribution in [0.1, 0.15) is 51.5 Å². The van der Waals surface area contributed by atoms with E-state index in [1.807, 2.05) is 37.3 Å². The summed E-state index contributed by atoms with van der Waals surface area (Å²) in [5.74, 6) is -0.244. The van der Waals surface area contributed by atoms with Gasteiger partial charge in [0.2, 0.25) is 5.91 Å². The van der Waals surface area contributed by atoms with E-state index < -0.39 is 6.04 Å². The summed E-state index contributed by atoms with van der Waals surface area (Å²) in [6.45, 7) is 3.85. The van der Waals surface area contributed by atoms with Crippen LogP contribution in [0, 0.1) is 6.92 Å². The quantitative estimate of drug-likeness (QED) is 0.720. The number of nitrogens with one attached hydrogen (secondary N) is 1. The smallest absolute Gasteiger partial charge is 0.221 e. The molecule has 0 aliphatic carbocycles. The van der Waals surface area contributed by atoms with E-state index in [1.54, 1.807) is 6.07 Å². The third-order valence-electron chi connectivity index (χ3n) is 3.90. The van der Waals surface area contributed by atoms with E-state index in [0.717, 1.165) is 16.9 Å². The molecular formula is C19H23NO3S. The van der Waals surface area contributed by atoms with Crippen LogP contribution >= 0.6 is 11.3 Å². The summed E-state index contributed by atoms with van der Waals surface area (Å²) in [5.41, 5.74) is 2.07. The molecule has 0 aliphatic rings. The summed E-state index contributed by atoms with van der Waals surface area (Å²) in [7, 11) is 0. The lowest BCUT2D eigenvalue weighted by Crippen LogP contribution is -2.31. The fraction of sp³-hybridized carbons (Fsp3) is 0.368. The van der Waals surface area contributed by atoms with Crippen molar-refractivity contribution in [1.29, 1.82) is 0 Å². The van der Waals surface area contributed by atoms with Crippen LogP contribution in [0.5, 0.6) is 0 Å². The zero-order valence-corrected chi connectivity index (χ0v) is 14.9. The van der Waals surface area contributed by atoms with Crippen LogP contribution in [0.15, 0.2) is 36.4 Å². The third kappa shape index (κ3) is 5.01. The van der Waals surface area contributed by atoms with Crippen LogP contribution < -0.4 is 5.32 Å². The minimum atomic E-state index is -0.442. The lowest BCUT2D eigenvalue weighted by Gasteiger charge is -2.17. The minimum absolute atomic E-state index is 0.0175. The number of rotatable bonds is 8. The van der Waals surface area contributed by atoms with Crippen molar-refractivity contribution in [3.63, 3.8) is 0 Å². The van der Waals surface area contributed by atoms with E-state index in [-0.39, 0.29) is 31.1 Å². The molecule has 1 unspecified atom stereocenters. The van der Waals surface area contributed by atoms with Gasteiger partial charge in [-0.15, -0.1) is 11.3 Å². The second kappa shape index (κ2) is 8.76. The van der Waals surface area contributed by atoms with Gasteiger partial charge in [-0.05, 0) is 36.6 Å². The zero-order chi connectivity index (χ0) is 17.5. The average molecular weight is 345 g/mol. The Hall–Kier alpha value is -1.98. The van der Waals surface area contributed by atoms with E-state index in [2.05, 4.69) is 12.2 Å². The maximum Gasteiger partial charge on any atom is 0.221 e. The zero-order valence-electron chi connectivity index (χ0n) is 14.0. The molecule has 128 valence electrons. The van der Waals surface area contributed by atoms with Crippen molar-refractivity contribution >= 4 is 23.0 Å². The highest BCUT2D eigenvalue weighted by Gasteiger charge is 2.16. The van der Waals surface area contributed by atoms with Gasteiger partial charge in [-0.2, -0.15) is 0 Å². The number of carbonyl (C=O) groups is 2. The molecule has 0 spiro atoms. The van der Waals surface area contributed by atoms with E-state index in [9.17, 15) is 14.7 Å². The summed E-state index contributed by atoms with van der Waals surface area (Å²) in [6.07, 6.45) is 1.25. The summed E-state index contributed by atoms with van der Waals surface area (Å²) in [5, 5.41) is 12.3. The predicted molar refractivity (Wildman–Crippen MR) is 96.4 cm³/mol. The van der Waals surface area contributed by atoms with Crippen LogP contribution in [0.2, 0.25) is 0 Å². The molecule has 0 saturated carbocycles. The molecule has 1 aromatic carbocycles. The first-order valence-corrected chi connectivity index (χ1v) is 8.93. The van der Waals surface area contributed by atoms with Gasteiger partial charge < -0.3 is 10.4 Å². The van der Waals surface area contributed by atoms with Crippen molar-refractivity contribution in [3.05, 3.63) is 57.3 Å². The van der Waals surface area contributed by atoms with Gasteiger partial charge in [0, 0.05) is 17.7 Å². The van der Waals surface area contributed by atoms with Gasteiger partial charge in [-0.3, -0.25) is 9.59 Å². The number of ketones is 1. The monoisotopic (exact) mass is 345 g/mol. The Morgan fingerprint density at radius 1 is 1.12 bits per heavy atom. The van der Waals surface area contributed by atoms with Crippen LogP contribution in [-0.4, -0.2) is 23.4 Å². The second-order valence-electron chi connectivity index (χ2n) is 5.73. The van der Waals surface area contributed by atoms with E-state index >= 15 is 0 Å². The number of thiophene rings is 1. The molecule has 4 nitrogen and oxygen atoms in total. The summed E-state index contributed by atoms with van der Waals surface area (Å²) in [6, 6.07) is 11.1. The first-order chi connectivity index (χ1) is 11.5. The molecule has 0 aliphatic heterocycles. The van der Waals surface area contributed by atoms with Gasteiger partial charge in [0.05, 0.1) is 17.5 Å². The van der Waals surface area contributed by atoms with Crippen LogP contribution in [0.4, 0.5) is 0 Å². The molecule has 1 heterocycles. The normalized spacial score (nSPS) is 12.0. The topological polar surface area (TPSA) is 66.4 Å². The molecule has 0 saturated heterocycles. The highest BCUT2D eigenvalue weighted by molar-refractivity contribution is 7.14. The Morgan fingerprint density at radius 2 is 1.83 bits per heavy atom. The maximum atomic E-state index is 12.1. The van der Waals surface area contributed by atoms with Crippen molar-refractivity contribution in [2.24, 2.45) is 0 Å². The molecule has 1 atom stereocenters. The van der Waals surface area contributed by atoms with Crippen molar-refractivity contribution < 1.29 is 14.7 Å². The summed E-state index contributed by atoms with van der Waals surface area (Å²) in [4.78, 5) is 25.9. The van der Waals surface area contributed by atoms with Gasteiger partial charge in [0.15, 0.2) is 5.78 Å². The Kier molecular flexibility index (Phi) is 6.70. The first kappa shape index (κ1) is 18.4. The van der Waals surface area contributed by atoms with Crippen LogP contribution in [-0.2, 0) is 11.2 Å². The number of aliphatic hydroxyl groups is 1. The number of aryl methyl sites for hydroxylation is 2. The van der Waals surface area contributed by atoms with Gasteiger partial charge in [-0.1, -0.05) is 31.2 Å². The molecular weight excluding hydrogens is 322 g/mol. The third-order valence-corrected chi connectivity index (χ3v) is 4.94. The predicted octanol–water partition coefficient (Wildman–Crippen LogP) is 3.43. The standard InChI is InChI=1S/C19H23NO3S/c1-3-14-5-7-15(8-6-14)16(12-21)20-19(23)11-9-17(22)18-10-4-13(2)24-18/h4-8,10,16,21H,3,9,11-12H2,1-2H3,(H,20,23). The molecule has 5 heteroatoms. The highest BCUT2D eigenvalue weighted by Crippen LogP contribution is 2.18. The first-order valence-electron chi connectivity index (χ1n) is 8.12. The number of amides is 1. The molecule has 0 radical (unpaired) electrons. The number of hydrogen-bond donors (Lipinski definition) is 2. The van der Waals surface area contributed by atoms with E-state index in [1.165, 1.54) is 16.9 Å². The molecule has 0 fully saturated rings. The molecule has 1 aromatic heterocycles. The minimum Gasteiger partial charge on any atom is -0.394 e. The number of hydrogen-bond acceptors (Lipinski definition) is 4. The van der Waals surface area contributed by atoms with Gasteiger partial charge in [0.1, 0.15) is 0 Å². The SMILES string of the molecule is CCc1ccc(C(CO)NC(=O)CCC(=O)c2ccc(C)s2)cc1. The van der Waals surface area contributed by atoms with Gasteiger partial charge in [-0.25, -0.2) is 0 Å². The number of carbonyl (C=O) groups excluding carboxylic acids is 2. The lowest BCUT2D eigenvalue weighted by atomic mass is 10.0. The van der Waals surface area contributed by atoms with Crippen LogP contribution in [0.25, 0.3) is 0 Å². The summed E-state index contributed by atoms with van der Waals surface area (Å²) >= 11 is 1.44. The fourth-order valence-electron chi connectivity index (χ4n) is 2.42. The second-order valence-corrected chi connectivity index (χ2v) is 7.02. The van der Waals surface area contributed by atoms with Crippen molar-refractivity contribution in [2.75, 3.05) is 6.61 Å². The Morgan fingerprint density at radius 3 is 2.38 bits per heavy atom. The molecule has 2 aromatic rings. The number of aliphatic hydroxyl groups excluding tert-OH is 1. The Balaban J connectivity index is 1.88. The number of Topliss-reactive ketones (excluding diaryl/α,β-unsaturated/α-hetero) is 1. The molecule has 1 amide bonds. The van der Waals surface area contributed by atoms with Crippen molar-refractivity contribution in [1.82, 2.24) is 5.32 Å². The molecule has 2 rings (SSSR count). The maximum absolute atomic E-state index is 12.1. The highest BCUT2D eigenvalue weighted by atomic mass is 32.1. The number of benzene rings is 1. The van der Waals surface area contributed by atoms with E-state index in [4.69, 9.17) is 0 Å². The van der Waals surface area contributed by atoms with E-state index in [0.29, 0.717) is 4.88 Å². The summed E-state index contributed by atoms with van der Waals surface area (Å²) < 4.78 is 0. The van der Waals surface area contributed by atoms with Crippen LogP contribution in [0.3, 0.4) is 0 Å². The molecule has 2 N–H and O–H groups in total. The Bertz CT molecular complexity index is 691. The van der Waals surface area contributed by atoms with Crippen molar-refractivity contribution in [3.8, 4) is 0 Å². The van der Waals surface area contributed by atoms with Crippen molar-refractivity contribution in [2.45, 2.75) is 39.2 Å². The Labute approximate surface area is 146 Å². The average Bonchev–Trinajstić information content (AvgIpc) is 3.04.